The molecule has 0 aromatic rings. The van der Waals surface area contributed by atoms with Gasteiger partial charge in [0.2, 0.25) is 0 Å². The van der Waals surface area contributed by atoms with Gasteiger partial charge in [-0.05, 0) is 25.7 Å². The quantitative estimate of drug-likeness (QED) is 0.455. The van der Waals surface area contributed by atoms with Gasteiger partial charge in [0.25, 0.3) is 0 Å². The smallest absolute Gasteiger partial charge is 0.0391 e. The van der Waals surface area contributed by atoms with Crippen LogP contribution in [0, 0.1) is 25.7 Å². The van der Waals surface area contributed by atoms with Crippen molar-refractivity contribution in [2.24, 2.45) is 11.8 Å². The van der Waals surface area contributed by atoms with Crippen molar-refractivity contribution >= 4 is 0 Å². The van der Waals surface area contributed by atoms with Crippen molar-refractivity contribution in [3.63, 3.8) is 0 Å². The van der Waals surface area contributed by atoms with Crippen LogP contribution in [0.5, 0.6) is 0 Å². The number of hydrogen-bond donors (Lipinski definition) is 0. The minimum absolute atomic E-state index is 0.352. The monoisotopic (exact) mass is 84.1 g/mol. The molecule has 0 atom stereocenters. The second kappa shape index (κ2) is 2.22. The van der Waals surface area contributed by atoms with Crippen molar-refractivity contribution in [1.29, 1.82) is 0 Å². The SMILES string of the molecule is [CH2]C([CH2])C(C)C. The average molecular weight is 84.2 g/mol. The Hall–Kier alpha value is 0. The van der Waals surface area contributed by atoms with Gasteiger partial charge in [0.05, 0.1) is 0 Å². The number of hydrogen-bond acceptors (Lipinski definition) is 0. The molecule has 0 amide bonds. The predicted octanol–water partition coefficient (Wildman–Crippen LogP) is 1.93. The molecule has 0 N–H and O–H groups in total. The highest BCUT2D eigenvalue weighted by Gasteiger charge is 1.96. The summed E-state index contributed by atoms with van der Waals surface area (Å²) in [6.45, 7) is 11.7. The van der Waals surface area contributed by atoms with E-state index in [9.17, 15) is 0 Å². The molecule has 0 heteroatoms. The van der Waals surface area contributed by atoms with E-state index in [-0.39, 0.29) is 0 Å². The van der Waals surface area contributed by atoms with Gasteiger partial charge in [-0.3, -0.25) is 0 Å². The molecule has 0 fully saturated rings. The maximum atomic E-state index is 3.73. The highest BCUT2D eigenvalue weighted by molar-refractivity contribution is 4.65. The Morgan fingerprint density at radius 1 is 1.17 bits per heavy atom. The second-order valence-corrected chi connectivity index (χ2v) is 2.00. The van der Waals surface area contributed by atoms with Gasteiger partial charge in [-0.15, -0.1) is 0 Å². The summed E-state index contributed by atoms with van der Waals surface area (Å²) in [7, 11) is 0. The lowest BCUT2D eigenvalue weighted by Gasteiger charge is -2.05. The topological polar surface area (TPSA) is 0 Å². The molecule has 0 aliphatic rings. The summed E-state index contributed by atoms with van der Waals surface area (Å²) in [5, 5.41) is 0. The Kier molecular flexibility index (Phi) is 2.22. The first kappa shape index (κ1) is 6.00. The molecule has 6 heavy (non-hydrogen) atoms. The highest BCUT2D eigenvalue weighted by Crippen LogP contribution is 2.04. The zero-order valence-electron chi connectivity index (χ0n) is 4.57. The van der Waals surface area contributed by atoms with Crippen molar-refractivity contribution in [1.82, 2.24) is 0 Å². The van der Waals surface area contributed by atoms with E-state index in [1.807, 2.05) is 0 Å². The average Bonchev–Trinajstić information content (AvgIpc) is 1.36. The Balaban J connectivity index is 2.99. The Morgan fingerprint density at radius 3 is 1.33 bits per heavy atom. The molecule has 0 spiro atoms. The van der Waals surface area contributed by atoms with Crippen LogP contribution in [0.3, 0.4) is 0 Å². The van der Waals surface area contributed by atoms with Gasteiger partial charge in [-0.25, -0.2) is 0 Å². The minimum atomic E-state index is 0.352. The van der Waals surface area contributed by atoms with Crippen molar-refractivity contribution in [3.05, 3.63) is 13.8 Å². The summed E-state index contributed by atoms with van der Waals surface area (Å²) < 4.78 is 0. The Morgan fingerprint density at radius 2 is 1.33 bits per heavy atom. The molecule has 0 nitrogen and oxygen atoms in total. The molecule has 0 aromatic heterocycles. The predicted molar refractivity (Wildman–Crippen MR) is 29.0 cm³/mol. The maximum absolute atomic E-state index is 3.73. The van der Waals surface area contributed by atoms with E-state index in [2.05, 4.69) is 27.7 Å². The van der Waals surface area contributed by atoms with Gasteiger partial charge in [-0.2, -0.15) is 0 Å². The lowest BCUT2D eigenvalue weighted by molar-refractivity contribution is 0.544. The number of rotatable bonds is 1. The van der Waals surface area contributed by atoms with E-state index in [0.717, 1.165) is 0 Å². The van der Waals surface area contributed by atoms with Gasteiger partial charge in [0.1, 0.15) is 0 Å². The molecule has 0 bridgehead atoms. The molecule has 0 saturated carbocycles. The molecule has 0 aliphatic carbocycles. The van der Waals surface area contributed by atoms with Crippen LogP contribution in [0.4, 0.5) is 0 Å². The first-order valence-corrected chi connectivity index (χ1v) is 2.30. The van der Waals surface area contributed by atoms with Crippen molar-refractivity contribution in [2.75, 3.05) is 0 Å². The van der Waals surface area contributed by atoms with E-state index in [4.69, 9.17) is 0 Å². The zero-order chi connectivity index (χ0) is 5.15. The van der Waals surface area contributed by atoms with E-state index in [1.165, 1.54) is 0 Å². The van der Waals surface area contributed by atoms with Crippen LogP contribution in [0.2, 0.25) is 0 Å². The van der Waals surface area contributed by atoms with E-state index < -0.39 is 0 Å². The largest absolute Gasteiger partial charge is 0.0625 e. The van der Waals surface area contributed by atoms with Gasteiger partial charge in [0.15, 0.2) is 0 Å². The molecule has 36 valence electrons. The molecule has 0 unspecified atom stereocenters. The van der Waals surface area contributed by atoms with Gasteiger partial charge in [0, 0.05) is 0 Å². The lowest BCUT2D eigenvalue weighted by atomic mass is 10.0. The van der Waals surface area contributed by atoms with Crippen LogP contribution in [-0.2, 0) is 0 Å². The first-order chi connectivity index (χ1) is 2.64. The minimum Gasteiger partial charge on any atom is -0.0625 e. The fourth-order valence-electron chi connectivity index (χ4n) is 0. The Labute approximate surface area is 40.6 Å². The van der Waals surface area contributed by atoms with Gasteiger partial charge >= 0.3 is 0 Å². The molecular weight excluding hydrogens is 72.1 g/mol. The molecule has 0 aliphatic heterocycles. The zero-order valence-corrected chi connectivity index (χ0v) is 4.57. The summed E-state index contributed by atoms with van der Waals surface area (Å²) in [5.41, 5.74) is 0. The summed E-state index contributed by atoms with van der Waals surface area (Å²) in [5.74, 6) is 0.981. The van der Waals surface area contributed by atoms with Crippen LogP contribution < -0.4 is 0 Å². The molecule has 0 aromatic carbocycles. The van der Waals surface area contributed by atoms with E-state index in [0.29, 0.717) is 11.8 Å². The van der Waals surface area contributed by atoms with Gasteiger partial charge in [-0.1, -0.05) is 13.8 Å². The fourth-order valence-corrected chi connectivity index (χ4v) is 0. The third-order valence-electron chi connectivity index (χ3n) is 0.943. The van der Waals surface area contributed by atoms with Crippen LogP contribution in [0.25, 0.3) is 0 Å². The summed E-state index contributed by atoms with van der Waals surface area (Å²) >= 11 is 0. The van der Waals surface area contributed by atoms with Crippen molar-refractivity contribution in [3.8, 4) is 0 Å². The normalized spacial score (nSPS) is 11.0. The summed E-state index contributed by atoms with van der Waals surface area (Å²) in [6.07, 6.45) is 0. The summed E-state index contributed by atoms with van der Waals surface area (Å²) in [6, 6.07) is 0. The van der Waals surface area contributed by atoms with Crippen molar-refractivity contribution in [2.45, 2.75) is 13.8 Å². The first-order valence-electron chi connectivity index (χ1n) is 2.30. The van der Waals surface area contributed by atoms with Crippen LogP contribution in [0.15, 0.2) is 0 Å². The Bertz CT molecular complexity index is 21.0. The second-order valence-electron chi connectivity index (χ2n) is 2.00. The molecule has 0 heterocycles. The lowest BCUT2D eigenvalue weighted by Crippen LogP contribution is -1.96. The molecule has 0 saturated heterocycles. The molecular formula is C6H12. The third-order valence-corrected chi connectivity index (χ3v) is 0.943. The van der Waals surface area contributed by atoms with Crippen LogP contribution in [-0.4, -0.2) is 0 Å². The molecule has 2 radical (unpaired) electrons. The van der Waals surface area contributed by atoms with Gasteiger partial charge < -0.3 is 0 Å². The maximum Gasteiger partial charge on any atom is -0.0391 e. The third kappa shape index (κ3) is 2.25. The van der Waals surface area contributed by atoms with Crippen LogP contribution >= 0.6 is 0 Å². The highest BCUT2D eigenvalue weighted by atomic mass is 14.0. The summed E-state index contributed by atoms with van der Waals surface area (Å²) in [4.78, 5) is 0. The van der Waals surface area contributed by atoms with Crippen molar-refractivity contribution < 1.29 is 0 Å². The molecule has 0 rings (SSSR count). The van der Waals surface area contributed by atoms with E-state index in [1.54, 1.807) is 0 Å². The van der Waals surface area contributed by atoms with Crippen LogP contribution in [0.1, 0.15) is 13.8 Å². The fraction of sp³-hybridized carbons (Fsp3) is 0.667. The standard InChI is InChI=1S/C6H12/c1-5(2)6(3)4/h5-6H,1-2H2,3-4H3. The van der Waals surface area contributed by atoms with E-state index >= 15 is 0 Å².